The van der Waals surface area contributed by atoms with Gasteiger partial charge in [-0.25, -0.2) is 4.98 Å². The zero-order chi connectivity index (χ0) is 20.8. The third-order valence-corrected chi connectivity index (χ3v) is 5.39. The first-order valence-corrected chi connectivity index (χ1v) is 9.31. The van der Waals surface area contributed by atoms with Crippen LogP contribution in [0.1, 0.15) is 34.7 Å². The average molecular weight is 405 g/mol. The van der Waals surface area contributed by atoms with E-state index in [2.05, 4.69) is 10.3 Å². The number of aryl methyl sites for hydroxylation is 2. The molecule has 8 heteroatoms. The lowest BCUT2D eigenvalue weighted by atomic mass is 9.88. The molecule has 0 saturated heterocycles. The van der Waals surface area contributed by atoms with Crippen molar-refractivity contribution in [2.24, 2.45) is 0 Å². The molecule has 3 atom stereocenters. The predicted molar refractivity (Wildman–Crippen MR) is 103 cm³/mol. The van der Waals surface area contributed by atoms with Crippen LogP contribution in [-0.2, 0) is 9.47 Å². The van der Waals surface area contributed by atoms with Crippen LogP contribution in [0.4, 0.5) is 18.9 Å². The maximum Gasteiger partial charge on any atom is 0.411 e. The van der Waals surface area contributed by atoms with E-state index >= 15 is 0 Å². The van der Waals surface area contributed by atoms with Gasteiger partial charge in [0.25, 0.3) is 0 Å². The molecule has 29 heavy (non-hydrogen) atoms. The average Bonchev–Trinajstić information content (AvgIpc) is 2.99. The van der Waals surface area contributed by atoms with Gasteiger partial charge in [0.2, 0.25) is 0 Å². The molecule has 5 nitrogen and oxygen atoms in total. The second kappa shape index (κ2) is 7.35. The van der Waals surface area contributed by atoms with Crippen LogP contribution in [0.2, 0.25) is 0 Å². The molecule has 1 N–H and O–H groups in total. The number of benzene rings is 1. The number of methoxy groups -OCH3 is 1. The number of aromatic nitrogens is 2. The fourth-order valence-corrected chi connectivity index (χ4v) is 3.89. The summed E-state index contributed by atoms with van der Waals surface area (Å²) < 4.78 is 51.8. The predicted octanol–water partition coefficient (Wildman–Crippen LogP) is 4.75. The lowest BCUT2D eigenvalue weighted by Gasteiger charge is -2.40. The molecular formula is C21H22F3N3O2. The molecule has 0 aliphatic carbocycles. The van der Waals surface area contributed by atoms with Gasteiger partial charge in [-0.3, -0.25) is 0 Å². The van der Waals surface area contributed by atoms with Crippen molar-refractivity contribution in [3.8, 4) is 0 Å². The molecule has 0 bridgehead atoms. The smallest absolute Gasteiger partial charge is 0.376 e. The Morgan fingerprint density at radius 3 is 2.52 bits per heavy atom. The monoisotopic (exact) mass is 405 g/mol. The van der Waals surface area contributed by atoms with Crippen LogP contribution < -0.4 is 5.32 Å². The second-order valence-electron chi connectivity index (χ2n) is 7.20. The number of imidazole rings is 1. The third kappa shape index (κ3) is 3.58. The van der Waals surface area contributed by atoms with Gasteiger partial charge >= 0.3 is 6.18 Å². The maximum absolute atomic E-state index is 12.9. The number of pyridine rings is 1. The number of hydrogen-bond donors (Lipinski definition) is 1. The first-order valence-electron chi connectivity index (χ1n) is 9.31. The van der Waals surface area contributed by atoms with Crippen molar-refractivity contribution >= 4 is 11.3 Å². The number of anilines is 1. The molecule has 3 heterocycles. The summed E-state index contributed by atoms with van der Waals surface area (Å²) in [5, 5.41) is 3.46. The molecule has 0 saturated carbocycles. The van der Waals surface area contributed by atoms with E-state index in [-0.39, 0.29) is 0 Å². The van der Waals surface area contributed by atoms with E-state index in [1.165, 1.54) is 7.11 Å². The molecular weight excluding hydrogens is 383 g/mol. The molecule has 4 rings (SSSR count). The summed E-state index contributed by atoms with van der Waals surface area (Å²) in [5.41, 5.74) is 4.66. The van der Waals surface area contributed by atoms with E-state index < -0.39 is 31.0 Å². The minimum atomic E-state index is -4.43. The number of rotatable bonds is 4. The van der Waals surface area contributed by atoms with E-state index in [9.17, 15) is 13.2 Å². The Balaban J connectivity index is 1.87. The molecule has 1 aliphatic rings. The van der Waals surface area contributed by atoms with Crippen LogP contribution in [0.5, 0.6) is 0 Å². The number of hydrogen-bond acceptors (Lipinski definition) is 4. The Bertz CT molecular complexity index is 1020. The standard InChI is InChI=1S/C21H22F3N3O2/c1-12-13(2)27-10-9-15-17(20(27)25-12)26-16(14-7-5-4-6-8-14)19(28-3)18(15)29-11-21(22,23)24/h4-10,16,18-19,26H,11H2,1-3H3. The fraction of sp³-hybridized carbons (Fsp3) is 0.381. The molecule has 3 unspecified atom stereocenters. The minimum absolute atomic E-state index is 0.393. The van der Waals surface area contributed by atoms with Crippen molar-refractivity contribution in [1.29, 1.82) is 0 Å². The number of alkyl halides is 3. The maximum atomic E-state index is 12.9. The lowest BCUT2D eigenvalue weighted by molar-refractivity contribution is -0.200. The summed E-state index contributed by atoms with van der Waals surface area (Å²) in [5.74, 6) is 0. The van der Waals surface area contributed by atoms with Gasteiger partial charge in [-0.2, -0.15) is 13.2 Å². The largest absolute Gasteiger partial charge is 0.411 e. The van der Waals surface area contributed by atoms with Crippen LogP contribution in [0, 0.1) is 13.8 Å². The summed E-state index contributed by atoms with van der Waals surface area (Å²) in [6.07, 6.45) is -4.17. The molecule has 3 aromatic rings. The van der Waals surface area contributed by atoms with Crippen LogP contribution in [-0.4, -0.2) is 35.4 Å². The Kier molecular flexibility index (Phi) is 5.00. The van der Waals surface area contributed by atoms with E-state index in [1.54, 1.807) is 6.07 Å². The van der Waals surface area contributed by atoms with Crippen molar-refractivity contribution in [3.63, 3.8) is 0 Å². The van der Waals surface area contributed by atoms with Gasteiger partial charge in [-0.15, -0.1) is 0 Å². The normalized spacial score (nSPS) is 21.8. The van der Waals surface area contributed by atoms with Crippen molar-refractivity contribution in [1.82, 2.24) is 9.38 Å². The van der Waals surface area contributed by atoms with Gasteiger partial charge < -0.3 is 19.2 Å². The third-order valence-electron chi connectivity index (χ3n) is 5.39. The zero-order valence-corrected chi connectivity index (χ0v) is 16.3. The Morgan fingerprint density at radius 2 is 1.86 bits per heavy atom. The molecule has 0 spiro atoms. The second-order valence-corrected chi connectivity index (χ2v) is 7.20. The topological polar surface area (TPSA) is 47.8 Å². The van der Waals surface area contributed by atoms with Gasteiger partial charge in [0.05, 0.1) is 17.4 Å². The summed E-state index contributed by atoms with van der Waals surface area (Å²) >= 11 is 0. The number of fused-ring (bicyclic) bond motifs is 3. The Morgan fingerprint density at radius 1 is 1.14 bits per heavy atom. The highest BCUT2D eigenvalue weighted by Crippen LogP contribution is 2.44. The zero-order valence-electron chi connectivity index (χ0n) is 16.3. The highest BCUT2D eigenvalue weighted by molar-refractivity contribution is 5.75. The SMILES string of the molecule is COC1C(c2ccccc2)Nc2c(ccn3c(C)c(C)nc23)C1OCC(F)(F)F. The van der Waals surface area contributed by atoms with E-state index in [0.717, 1.165) is 17.0 Å². The first-order chi connectivity index (χ1) is 13.8. The van der Waals surface area contributed by atoms with Crippen LogP contribution in [0.15, 0.2) is 42.6 Å². The van der Waals surface area contributed by atoms with E-state index in [1.807, 2.05) is 54.8 Å². The van der Waals surface area contributed by atoms with E-state index in [0.29, 0.717) is 16.9 Å². The number of halogens is 3. The lowest BCUT2D eigenvalue weighted by Crippen LogP contribution is -2.40. The molecule has 1 aliphatic heterocycles. The van der Waals surface area contributed by atoms with Gasteiger partial charge in [-0.05, 0) is 25.5 Å². The van der Waals surface area contributed by atoms with Gasteiger partial charge in [0, 0.05) is 24.6 Å². The molecule has 0 amide bonds. The Hall–Kier alpha value is -2.58. The Labute approximate surface area is 166 Å². The quantitative estimate of drug-likeness (QED) is 0.680. The first kappa shape index (κ1) is 19.7. The summed E-state index contributed by atoms with van der Waals surface area (Å²) in [6.45, 7) is 2.51. The molecule has 1 aromatic carbocycles. The van der Waals surface area contributed by atoms with Crippen molar-refractivity contribution in [3.05, 3.63) is 65.1 Å². The number of ether oxygens (including phenoxy) is 2. The fourth-order valence-electron chi connectivity index (χ4n) is 3.89. The summed E-state index contributed by atoms with van der Waals surface area (Å²) in [4.78, 5) is 4.63. The number of nitrogens with zero attached hydrogens (tertiary/aromatic N) is 2. The summed E-state index contributed by atoms with van der Waals surface area (Å²) in [7, 11) is 1.49. The highest BCUT2D eigenvalue weighted by atomic mass is 19.4. The molecule has 0 fully saturated rings. The van der Waals surface area contributed by atoms with Gasteiger partial charge in [0.1, 0.15) is 18.8 Å². The van der Waals surface area contributed by atoms with Crippen LogP contribution in [0.25, 0.3) is 5.65 Å². The van der Waals surface area contributed by atoms with Gasteiger partial charge in [0.15, 0.2) is 5.65 Å². The summed E-state index contributed by atoms with van der Waals surface area (Å²) in [6, 6.07) is 10.9. The van der Waals surface area contributed by atoms with Crippen molar-refractivity contribution in [2.75, 3.05) is 19.0 Å². The molecule has 154 valence electrons. The van der Waals surface area contributed by atoms with E-state index in [4.69, 9.17) is 9.47 Å². The molecule has 0 radical (unpaired) electrons. The minimum Gasteiger partial charge on any atom is -0.376 e. The van der Waals surface area contributed by atoms with Gasteiger partial charge in [-0.1, -0.05) is 30.3 Å². The van der Waals surface area contributed by atoms with Crippen LogP contribution >= 0.6 is 0 Å². The van der Waals surface area contributed by atoms with Crippen molar-refractivity contribution in [2.45, 2.75) is 38.3 Å². The van der Waals surface area contributed by atoms with Crippen molar-refractivity contribution < 1.29 is 22.6 Å². The van der Waals surface area contributed by atoms with Crippen LogP contribution in [0.3, 0.4) is 0 Å². The molecule has 2 aromatic heterocycles. The highest BCUT2D eigenvalue weighted by Gasteiger charge is 2.42. The number of nitrogens with one attached hydrogen (secondary N) is 1.